The Labute approximate surface area is 112 Å². The van der Waals surface area contributed by atoms with Gasteiger partial charge in [-0.05, 0) is 11.5 Å². The molecule has 1 rings (SSSR count). The molecule has 0 aliphatic carbocycles. The van der Waals surface area contributed by atoms with Crippen LogP contribution in [0.1, 0.15) is 33.6 Å². The van der Waals surface area contributed by atoms with E-state index < -0.39 is 5.97 Å². The molecule has 0 spiro atoms. The van der Waals surface area contributed by atoms with Gasteiger partial charge in [-0.2, -0.15) is 5.10 Å². The van der Waals surface area contributed by atoms with Gasteiger partial charge >= 0.3 is 5.97 Å². The first-order valence-corrected chi connectivity index (χ1v) is 6.27. The predicted molar refractivity (Wildman–Crippen MR) is 70.5 cm³/mol. The number of carboxylic acid groups (broad SMARTS) is 1. The molecule has 1 atom stereocenters. The quantitative estimate of drug-likeness (QED) is 0.813. The van der Waals surface area contributed by atoms with Crippen molar-refractivity contribution in [3.05, 3.63) is 18.5 Å². The maximum Gasteiger partial charge on any atom is 0.303 e. The van der Waals surface area contributed by atoms with Gasteiger partial charge in [-0.15, -0.1) is 0 Å². The van der Waals surface area contributed by atoms with Gasteiger partial charge in [0.1, 0.15) is 0 Å². The molecule has 0 saturated heterocycles. The summed E-state index contributed by atoms with van der Waals surface area (Å²) in [6.45, 7) is 6.64. The fourth-order valence-corrected chi connectivity index (χ4v) is 1.62. The number of nitrogens with one attached hydrogen (secondary N) is 1. The highest BCUT2D eigenvalue weighted by molar-refractivity contribution is 5.80. The molecule has 0 aliphatic heterocycles. The molecule has 1 aromatic heterocycles. The van der Waals surface area contributed by atoms with E-state index in [-0.39, 0.29) is 30.2 Å². The first-order valence-electron chi connectivity index (χ1n) is 6.27. The Hall–Kier alpha value is -1.85. The summed E-state index contributed by atoms with van der Waals surface area (Å²) in [5, 5.41) is 15.6. The number of carbonyl (C=O) groups is 2. The Morgan fingerprint density at radius 2 is 2.05 bits per heavy atom. The van der Waals surface area contributed by atoms with Crippen molar-refractivity contribution < 1.29 is 14.7 Å². The molecule has 0 radical (unpaired) electrons. The molecule has 19 heavy (non-hydrogen) atoms. The van der Waals surface area contributed by atoms with Crippen LogP contribution in [0.5, 0.6) is 0 Å². The lowest BCUT2D eigenvalue weighted by molar-refractivity contribution is -0.139. The third kappa shape index (κ3) is 5.54. The Kier molecular flexibility index (Phi) is 5.09. The van der Waals surface area contributed by atoms with E-state index in [4.69, 9.17) is 5.11 Å². The van der Waals surface area contributed by atoms with Crippen LogP contribution >= 0.6 is 0 Å². The molecule has 1 amide bonds. The van der Waals surface area contributed by atoms with Crippen molar-refractivity contribution >= 4 is 11.9 Å². The third-order valence-corrected chi connectivity index (χ3v) is 2.88. The van der Waals surface area contributed by atoms with Gasteiger partial charge in [0.25, 0.3) is 0 Å². The molecule has 6 nitrogen and oxygen atoms in total. The number of carbonyl (C=O) groups excluding carboxylic acids is 1. The molecule has 0 aromatic carbocycles. The van der Waals surface area contributed by atoms with E-state index in [9.17, 15) is 9.59 Å². The topological polar surface area (TPSA) is 84.2 Å². The third-order valence-electron chi connectivity index (χ3n) is 2.88. The first kappa shape index (κ1) is 15.2. The first-order chi connectivity index (χ1) is 8.79. The molecule has 0 bridgehead atoms. The molecule has 0 aliphatic rings. The van der Waals surface area contributed by atoms with E-state index in [1.807, 2.05) is 33.0 Å². The van der Waals surface area contributed by atoms with E-state index in [2.05, 4.69) is 10.4 Å². The number of carboxylic acids is 1. The molecular formula is C13H21N3O3. The van der Waals surface area contributed by atoms with E-state index in [0.717, 1.165) is 0 Å². The number of hydrogen-bond acceptors (Lipinski definition) is 3. The molecule has 0 fully saturated rings. The smallest absolute Gasteiger partial charge is 0.303 e. The zero-order valence-electron chi connectivity index (χ0n) is 11.6. The number of rotatable bonds is 6. The summed E-state index contributed by atoms with van der Waals surface area (Å²) >= 11 is 0. The van der Waals surface area contributed by atoms with Crippen molar-refractivity contribution in [2.75, 3.05) is 0 Å². The van der Waals surface area contributed by atoms with Gasteiger partial charge in [-0.25, -0.2) is 0 Å². The molecule has 2 N–H and O–H groups in total. The van der Waals surface area contributed by atoms with Crippen LogP contribution in [-0.4, -0.2) is 32.8 Å². The second-order valence-corrected chi connectivity index (χ2v) is 5.61. The van der Waals surface area contributed by atoms with Gasteiger partial charge in [-0.3, -0.25) is 14.3 Å². The average molecular weight is 267 g/mol. The van der Waals surface area contributed by atoms with Crippen LogP contribution in [0, 0.1) is 5.41 Å². The summed E-state index contributed by atoms with van der Waals surface area (Å²) in [6.07, 6.45) is 3.37. The van der Waals surface area contributed by atoms with Gasteiger partial charge < -0.3 is 10.4 Å². The molecule has 6 heteroatoms. The minimum Gasteiger partial charge on any atom is -0.481 e. The molecular weight excluding hydrogens is 246 g/mol. The van der Waals surface area contributed by atoms with Crippen molar-refractivity contribution in [2.45, 2.75) is 46.2 Å². The van der Waals surface area contributed by atoms with E-state index in [1.165, 1.54) is 0 Å². The van der Waals surface area contributed by atoms with Crippen LogP contribution in [0.15, 0.2) is 18.5 Å². The van der Waals surface area contributed by atoms with Gasteiger partial charge in [-0.1, -0.05) is 20.8 Å². The van der Waals surface area contributed by atoms with Crippen molar-refractivity contribution in [2.24, 2.45) is 5.41 Å². The lowest BCUT2D eigenvalue weighted by Gasteiger charge is -2.31. The maximum atomic E-state index is 11.7. The summed E-state index contributed by atoms with van der Waals surface area (Å²) in [4.78, 5) is 22.2. The molecule has 1 aromatic rings. The Morgan fingerprint density at radius 1 is 1.37 bits per heavy atom. The summed E-state index contributed by atoms with van der Waals surface area (Å²) in [6, 6.07) is 1.72. The largest absolute Gasteiger partial charge is 0.481 e. The SMILES string of the molecule is CC(C)(C)[C@@H](Cn1cccn1)NC(=O)CCC(=O)O. The van der Waals surface area contributed by atoms with Crippen molar-refractivity contribution in [3.8, 4) is 0 Å². The highest BCUT2D eigenvalue weighted by atomic mass is 16.4. The van der Waals surface area contributed by atoms with Gasteiger partial charge in [0, 0.05) is 18.8 Å². The van der Waals surface area contributed by atoms with Crippen molar-refractivity contribution in [1.29, 1.82) is 0 Å². The second-order valence-electron chi connectivity index (χ2n) is 5.61. The highest BCUT2D eigenvalue weighted by Gasteiger charge is 2.26. The maximum absolute atomic E-state index is 11.7. The zero-order valence-corrected chi connectivity index (χ0v) is 11.6. The predicted octanol–water partition coefficient (Wildman–Crippen LogP) is 1.28. The summed E-state index contributed by atoms with van der Waals surface area (Å²) in [5.41, 5.74) is -0.134. The van der Waals surface area contributed by atoms with Crippen molar-refractivity contribution in [3.63, 3.8) is 0 Å². The normalized spacial score (nSPS) is 13.0. The highest BCUT2D eigenvalue weighted by Crippen LogP contribution is 2.20. The van der Waals surface area contributed by atoms with E-state index in [0.29, 0.717) is 6.54 Å². The van der Waals surface area contributed by atoms with E-state index >= 15 is 0 Å². The standard InChI is InChI=1S/C13H21N3O3/c1-13(2,3)10(9-16-8-4-7-14-16)15-11(17)5-6-12(18)19/h4,7-8,10H,5-6,9H2,1-3H3,(H,15,17)(H,18,19)/t10-/m1/s1. The average Bonchev–Trinajstić information content (AvgIpc) is 2.77. The number of aliphatic carboxylic acids is 1. The van der Waals surface area contributed by atoms with Crippen LogP contribution in [0.2, 0.25) is 0 Å². The molecule has 0 saturated carbocycles. The van der Waals surface area contributed by atoms with Crippen LogP contribution in [0.25, 0.3) is 0 Å². The van der Waals surface area contributed by atoms with Crippen molar-refractivity contribution in [1.82, 2.24) is 15.1 Å². The van der Waals surface area contributed by atoms with Gasteiger partial charge in [0.15, 0.2) is 0 Å². The Morgan fingerprint density at radius 3 is 2.53 bits per heavy atom. The summed E-state index contributed by atoms with van der Waals surface area (Å²) in [5.74, 6) is -1.20. The van der Waals surface area contributed by atoms with Gasteiger partial charge in [0.2, 0.25) is 5.91 Å². The molecule has 106 valence electrons. The van der Waals surface area contributed by atoms with Gasteiger partial charge in [0.05, 0.1) is 19.0 Å². The summed E-state index contributed by atoms with van der Waals surface area (Å²) in [7, 11) is 0. The monoisotopic (exact) mass is 267 g/mol. The molecule has 1 heterocycles. The van der Waals surface area contributed by atoms with Crippen LogP contribution in [-0.2, 0) is 16.1 Å². The Balaban J connectivity index is 2.60. The lowest BCUT2D eigenvalue weighted by atomic mass is 9.86. The number of amides is 1. The number of nitrogens with zero attached hydrogens (tertiary/aromatic N) is 2. The zero-order chi connectivity index (χ0) is 14.5. The summed E-state index contributed by atoms with van der Waals surface area (Å²) < 4.78 is 1.76. The van der Waals surface area contributed by atoms with Crippen LogP contribution in [0.3, 0.4) is 0 Å². The van der Waals surface area contributed by atoms with Crippen LogP contribution in [0.4, 0.5) is 0 Å². The minimum absolute atomic E-state index is 0.00101. The minimum atomic E-state index is -0.963. The second kappa shape index (κ2) is 6.36. The number of hydrogen-bond donors (Lipinski definition) is 2. The fourth-order valence-electron chi connectivity index (χ4n) is 1.62. The molecule has 0 unspecified atom stereocenters. The fraction of sp³-hybridized carbons (Fsp3) is 0.615. The Bertz CT molecular complexity index is 421. The van der Waals surface area contributed by atoms with E-state index in [1.54, 1.807) is 10.9 Å². The lowest BCUT2D eigenvalue weighted by Crippen LogP contribution is -2.46. The number of aromatic nitrogens is 2. The van der Waals surface area contributed by atoms with Crippen LogP contribution < -0.4 is 5.32 Å².